The molecule has 110 valence electrons. The molecule has 0 spiro atoms. The van der Waals surface area contributed by atoms with Gasteiger partial charge in [-0.25, -0.2) is 4.39 Å². The molecule has 0 atom stereocenters. The van der Waals surface area contributed by atoms with Crippen LogP contribution in [0.3, 0.4) is 0 Å². The molecule has 18 heavy (non-hydrogen) atoms. The van der Waals surface area contributed by atoms with Gasteiger partial charge in [0.2, 0.25) is 0 Å². The van der Waals surface area contributed by atoms with Crippen molar-refractivity contribution in [2.24, 2.45) is 0 Å². The third kappa shape index (κ3) is 15.7. The Morgan fingerprint density at radius 1 is 0.667 bits per heavy atom. The summed E-state index contributed by atoms with van der Waals surface area (Å²) >= 11 is 0. The van der Waals surface area contributed by atoms with Gasteiger partial charge >= 0.3 is 0 Å². The molecule has 0 aliphatic rings. The van der Waals surface area contributed by atoms with Gasteiger partial charge in [-0.2, -0.15) is 0 Å². The Balaban J connectivity index is 2.90. The summed E-state index contributed by atoms with van der Waals surface area (Å²) in [6.45, 7) is 4.49. The third-order valence-corrected chi connectivity index (χ3v) is 2.02. The number of alkyl halides is 1. The number of hydrogen-bond acceptors (Lipinski definition) is 5. The quantitative estimate of drug-likeness (QED) is 0.431. The van der Waals surface area contributed by atoms with Gasteiger partial charge in [0.1, 0.15) is 6.67 Å². The second kappa shape index (κ2) is 14.8. The summed E-state index contributed by atoms with van der Waals surface area (Å²) in [6, 6.07) is 0. The molecular formula is C12H26FNO4. The van der Waals surface area contributed by atoms with Gasteiger partial charge in [-0.1, -0.05) is 0 Å². The Labute approximate surface area is 109 Å². The van der Waals surface area contributed by atoms with E-state index in [0.717, 1.165) is 13.2 Å². The van der Waals surface area contributed by atoms with E-state index in [2.05, 4.69) is 4.90 Å². The maximum absolute atomic E-state index is 11.6. The van der Waals surface area contributed by atoms with Crippen molar-refractivity contribution < 1.29 is 23.3 Å². The number of ether oxygens (including phenoxy) is 4. The zero-order valence-electron chi connectivity index (χ0n) is 11.5. The minimum absolute atomic E-state index is 0.143. The first-order valence-corrected chi connectivity index (χ1v) is 6.29. The Morgan fingerprint density at radius 2 is 1.06 bits per heavy atom. The number of rotatable bonds is 14. The van der Waals surface area contributed by atoms with Crippen LogP contribution in [0.15, 0.2) is 0 Å². The molecule has 0 rings (SSSR count). The van der Waals surface area contributed by atoms with Crippen molar-refractivity contribution >= 4 is 0 Å². The first kappa shape index (κ1) is 17.7. The zero-order chi connectivity index (χ0) is 13.5. The largest absolute Gasteiger partial charge is 0.378 e. The predicted octanol–water partition coefficient (Wildman–Crippen LogP) is 0.584. The van der Waals surface area contributed by atoms with Gasteiger partial charge in [0, 0.05) is 6.54 Å². The molecule has 0 unspecified atom stereocenters. The maximum Gasteiger partial charge on any atom is 0.113 e. The van der Waals surface area contributed by atoms with Crippen molar-refractivity contribution in [3.8, 4) is 0 Å². The molecule has 0 fully saturated rings. The van der Waals surface area contributed by atoms with Crippen molar-refractivity contribution in [3.63, 3.8) is 0 Å². The van der Waals surface area contributed by atoms with Gasteiger partial charge in [0.15, 0.2) is 0 Å². The highest BCUT2D eigenvalue weighted by Gasteiger charge is 1.93. The number of halogens is 1. The molecule has 0 aromatic rings. The van der Waals surface area contributed by atoms with Gasteiger partial charge in [-0.15, -0.1) is 0 Å². The predicted molar refractivity (Wildman–Crippen MR) is 67.8 cm³/mol. The van der Waals surface area contributed by atoms with E-state index in [4.69, 9.17) is 18.9 Å². The van der Waals surface area contributed by atoms with Crippen LogP contribution < -0.4 is 0 Å². The van der Waals surface area contributed by atoms with E-state index < -0.39 is 6.67 Å². The fraction of sp³-hybridized carbons (Fsp3) is 1.00. The van der Waals surface area contributed by atoms with Crippen LogP contribution in [0.4, 0.5) is 4.39 Å². The van der Waals surface area contributed by atoms with Crippen LogP contribution >= 0.6 is 0 Å². The molecular weight excluding hydrogens is 241 g/mol. The van der Waals surface area contributed by atoms with Crippen LogP contribution in [0.25, 0.3) is 0 Å². The SMILES string of the molecule is CN(C)CCOCCOCCOCCOCCF. The molecule has 0 heterocycles. The van der Waals surface area contributed by atoms with Crippen molar-refractivity contribution in [2.75, 3.05) is 80.2 Å². The number of nitrogens with zero attached hydrogens (tertiary/aromatic N) is 1. The lowest BCUT2D eigenvalue weighted by molar-refractivity contribution is -0.00401. The summed E-state index contributed by atoms with van der Waals surface area (Å²) in [7, 11) is 4.02. The summed E-state index contributed by atoms with van der Waals surface area (Å²) in [6.07, 6.45) is 0. The molecule has 0 amide bonds. The van der Waals surface area contributed by atoms with E-state index in [0.29, 0.717) is 39.6 Å². The van der Waals surface area contributed by atoms with Crippen LogP contribution in [0, 0.1) is 0 Å². The van der Waals surface area contributed by atoms with Gasteiger partial charge in [-0.3, -0.25) is 0 Å². The molecule has 0 saturated heterocycles. The summed E-state index contributed by atoms with van der Waals surface area (Å²) < 4.78 is 32.4. The van der Waals surface area contributed by atoms with Crippen molar-refractivity contribution in [2.45, 2.75) is 0 Å². The van der Waals surface area contributed by atoms with Crippen LogP contribution in [-0.4, -0.2) is 85.1 Å². The highest BCUT2D eigenvalue weighted by atomic mass is 19.1. The third-order valence-electron chi connectivity index (χ3n) is 2.02. The fourth-order valence-corrected chi connectivity index (χ4v) is 1.06. The molecule has 0 N–H and O–H groups in total. The van der Waals surface area contributed by atoms with Gasteiger partial charge < -0.3 is 23.8 Å². The minimum Gasteiger partial charge on any atom is -0.378 e. The molecule has 0 aromatic heterocycles. The first-order chi connectivity index (χ1) is 8.77. The molecule has 5 nitrogen and oxygen atoms in total. The van der Waals surface area contributed by atoms with Crippen LogP contribution in [0.5, 0.6) is 0 Å². The summed E-state index contributed by atoms with van der Waals surface area (Å²) in [5, 5.41) is 0. The highest BCUT2D eigenvalue weighted by Crippen LogP contribution is 1.83. The van der Waals surface area contributed by atoms with E-state index in [-0.39, 0.29) is 6.61 Å². The topological polar surface area (TPSA) is 40.2 Å². The standard InChI is InChI=1S/C12H26FNO4/c1-14(2)4-6-16-8-10-18-12-11-17-9-7-15-5-3-13/h3-12H2,1-2H3. The molecule has 0 bridgehead atoms. The molecule has 0 radical (unpaired) electrons. The summed E-state index contributed by atoms with van der Waals surface area (Å²) in [5.74, 6) is 0. The molecule has 0 aliphatic carbocycles. The monoisotopic (exact) mass is 267 g/mol. The van der Waals surface area contributed by atoms with E-state index >= 15 is 0 Å². The van der Waals surface area contributed by atoms with E-state index in [1.54, 1.807) is 0 Å². The zero-order valence-corrected chi connectivity index (χ0v) is 11.5. The lowest BCUT2D eigenvalue weighted by Gasteiger charge is -2.10. The molecule has 0 aliphatic heterocycles. The number of hydrogen-bond donors (Lipinski definition) is 0. The van der Waals surface area contributed by atoms with E-state index in [1.807, 2.05) is 14.1 Å². The van der Waals surface area contributed by atoms with Crippen LogP contribution in [0.2, 0.25) is 0 Å². The highest BCUT2D eigenvalue weighted by molar-refractivity contribution is 4.40. The molecule has 0 saturated carbocycles. The summed E-state index contributed by atoms with van der Waals surface area (Å²) in [4.78, 5) is 2.07. The molecule has 0 aromatic carbocycles. The average Bonchev–Trinajstić information content (AvgIpc) is 2.34. The van der Waals surface area contributed by atoms with Crippen molar-refractivity contribution in [1.29, 1.82) is 0 Å². The normalized spacial score (nSPS) is 11.3. The van der Waals surface area contributed by atoms with Gasteiger partial charge in [0.05, 0.1) is 52.9 Å². The van der Waals surface area contributed by atoms with Gasteiger partial charge in [0.25, 0.3) is 0 Å². The Hall–Kier alpha value is -0.270. The average molecular weight is 267 g/mol. The lowest BCUT2D eigenvalue weighted by atomic mass is 10.6. The van der Waals surface area contributed by atoms with Crippen molar-refractivity contribution in [3.05, 3.63) is 0 Å². The fourth-order valence-electron chi connectivity index (χ4n) is 1.06. The second-order valence-electron chi connectivity index (χ2n) is 3.94. The summed E-state index contributed by atoms with van der Waals surface area (Å²) in [5.41, 5.74) is 0. The van der Waals surface area contributed by atoms with E-state index in [1.165, 1.54) is 0 Å². The Kier molecular flexibility index (Phi) is 14.6. The first-order valence-electron chi connectivity index (χ1n) is 6.29. The Morgan fingerprint density at radius 3 is 1.44 bits per heavy atom. The smallest absolute Gasteiger partial charge is 0.113 e. The maximum atomic E-state index is 11.6. The lowest BCUT2D eigenvalue weighted by Crippen LogP contribution is -2.19. The number of likely N-dealkylation sites (N-methyl/N-ethyl adjacent to an activating group) is 1. The van der Waals surface area contributed by atoms with E-state index in [9.17, 15) is 4.39 Å². The van der Waals surface area contributed by atoms with Crippen LogP contribution in [0.1, 0.15) is 0 Å². The second-order valence-corrected chi connectivity index (χ2v) is 3.94. The molecule has 6 heteroatoms. The van der Waals surface area contributed by atoms with Crippen molar-refractivity contribution in [1.82, 2.24) is 4.90 Å². The minimum atomic E-state index is -0.447. The van der Waals surface area contributed by atoms with Gasteiger partial charge in [-0.05, 0) is 14.1 Å². The Bertz CT molecular complexity index is 161. The van der Waals surface area contributed by atoms with Crippen LogP contribution in [-0.2, 0) is 18.9 Å².